The van der Waals surface area contributed by atoms with Crippen molar-refractivity contribution in [1.82, 2.24) is 9.21 Å². The second-order valence-electron chi connectivity index (χ2n) is 8.80. The molecule has 0 radical (unpaired) electrons. The van der Waals surface area contributed by atoms with Crippen LogP contribution in [0.2, 0.25) is 0 Å². The van der Waals surface area contributed by atoms with E-state index in [2.05, 4.69) is 0 Å². The van der Waals surface area contributed by atoms with E-state index in [1.54, 1.807) is 61.4 Å². The van der Waals surface area contributed by atoms with E-state index in [4.69, 9.17) is 4.74 Å². The summed E-state index contributed by atoms with van der Waals surface area (Å²) in [6, 6.07) is 18.5. The average Bonchev–Trinajstić information content (AvgIpc) is 2.88. The van der Waals surface area contributed by atoms with E-state index in [-0.39, 0.29) is 29.7 Å². The fourth-order valence-electron chi connectivity index (χ4n) is 4.26. The predicted octanol–water partition coefficient (Wildman–Crippen LogP) is 4.86. The van der Waals surface area contributed by atoms with Gasteiger partial charge in [0.1, 0.15) is 17.6 Å². The van der Waals surface area contributed by atoms with Gasteiger partial charge >= 0.3 is 0 Å². The van der Waals surface area contributed by atoms with Gasteiger partial charge in [0.25, 0.3) is 0 Å². The Kier molecular flexibility index (Phi) is 7.56. The standard InChI is InChI=1S/C28H29FN2O4S/c1-20-6-16-26(17-7-20)36(33,34)31-18-4-5-27(23-10-14-25(35-3)15-11-23)30(28(32)21(31)2)19-22-8-12-24(29)13-9-22/h4-17,21,27H,18-19H2,1-3H3. The first-order valence-electron chi connectivity index (χ1n) is 11.6. The van der Waals surface area contributed by atoms with Gasteiger partial charge in [-0.15, -0.1) is 0 Å². The summed E-state index contributed by atoms with van der Waals surface area (Å²) >= 11 is 0. The van der Waals surface area contributed by atoms with Crippen LogP contribution in [0.3, 0.4) is 0 Å². The Balaban J connectivity index is 1.75. The number of carbonyl (C=O) groups is 1. The largest absolute Gasteiger partial charge is 0.497 e. The number of carbonyl (C=O) groups excluding carboxylic acids is 1. The van der Waals surface area contributed by atoms with E-state index < -0.39 is 22.1 Å². The molecule has 3 aromatic carbocycles. The van der Waals surface area contributed by atoms with Crippen molar-refractivity contribution in [1.29, 1.82) is 0 Å². The van der Waals surface area contributed by atoms with Crippen LogP contribution in [0.1, 0.15) is 29.7 Å². The zero-order valence-electron chi connectivity index (χ0n) is 20.5. The van der Waals surface area contributed by atoms with Crippen molar-refractivity contribution in [2.75, 3.05) is 13.7 Å². The van der Waals surface area contributed by atoms with Crippen LogP contribution >= 0.6 is 0 Å². The third-order valence-corrected chi connectivity index (χ3v) is 8.31. The molecular formula is C28H29FN2O4S. The molecule has 8 heteroatoms. The van der Waals surface area contributed by atoms with Gasteiger partial charge in [-0.2, -0.15) is 4.31 Å². The Hall–Kier alpha value is -3.49. The van der Waals surface area contributed by atoms with E-state index >= 15 is 0 Å². The molecular weight excluding hydrogens is 479 g/mol. The smallest absolute Gasteiger partial charge is 0.244 e. The Bertz CT molecular complexity index is 1340. The van der Waals surface area contributed by atoms with Gasteiger partial charge in [-0.25, -0.2) is 12.8 Å². The number of nitrogens with zero attached hydrogens (tertiary/aromatic N) is 2. The maximum Gasteiger partial charge on any atom is 0.244 e. The molecule has 1 aliphatic heterocycles. The van der Waals surface area contributed by atoms with Crippen LogP contribution < -0.4 is 4.74 Å². The summed E-state index contributed by atoms with van der Waals surface area (Å²) in [7, 11) is -2.34. The van der Waals surface area contributed by atoms with Gasteiger partial charge in [-0.1, -0.05) is 54.1 Å². The number of hydrogen-bond donors (Lipinski definition) is 0. The lowest BCUT2D eigenvalue weighted by Crippen LogP contribution is -2.51. The third-order valence-electron chi connectivity index (χ3n) is 6.36. The van der Waals surface area contributed by atoms with Crippen LogP contribution in [0.15, 0.2) is 89.8 Å². The van der Waals surface area contributed by atoms with Crippen molar-refractivity contribution in [3.05, 3.63) is 107 Å². The molecule has 4 rings (SSSR count). The molecule has 2 unspecified atom stereocenters. The normalized spacial score (nSPS) is 19.1. The molecule has 0 spiro atoms. The maximum atomic E-state index is 13.9. The minimum absolute atomic E-state index is 0.0557. The summed E-state index contributed by atoms with van der Waals surface area (Å²) in [4.78, 5) is 15.7. The molecule has 0 aliphatic carbocycles. The first-order chi connectivity index (χ1) is 17.2. The van der Waals surface area contributed by atoms with Gasteiger partial charge in [0.15, 0.2) is 0 Å². The second kappa shape index (κ2) is 10.6. The number of halogens is 1. The van der Waals surface area contributed by atoms with E-state index in [1.165, 1.54) is 16.4 Å². The number of sulfonamides is 1. The summed E-state index contributed by atoms with van der Waals surface area (Å²) in [6.07, 6.45) is 3.62. The molecule has 0 bridgehead atoms. The van der Waals surface area contributed by atoms with Crippen molar-refractivity contribution in [2.45, 2.75) is 37.4 Å². The topological polar surface area (TPSA) is 66.9 Å². The van der Waals surface area contributed by atoms with Gasteiger partial charge in [0.05, 0.1) is 18.0 Å². The summed E-state index contributed by atoms with van der Waals surface area (Å²) in [5.41, 5.74) is 2.53. The van der Waals surface area contributed by atoms with Crippen molar-refractivity contribution in [2.24, 2.45) is 0 Å². The van der Waals surface area contributed by atoms with Crippen molar-refractivity contribution in [3.63, 3.8) is 0 Å². The first kappa shape index (κ1) is 25.6. The highest BCUT2D eigenvalue weighted by Gasteiger charge is 2.38. The zero-order chi connectivity index (χ0) is 25.9. The van der Waals surface area contributed by atoms with Crippen LogP contribution in [0.4, 0.5) is 4.39 Å². The van der Waals surface area contributed by atoms with E-state index in [0.29, 0.717) is 5.75 Å². The van der Waals surface area contributed by atoms with Crippen LogP contribution in [0.5, 0.6) is 5.75 Å². The summed E-state index contributed by atoms with van der Waals surface area (Å²) in [5, 5.41) is 0. The average molecular weight is 509 g/mol. The summed E-state index contributed by atoms with van der Waals surface area (Å²) in [6.45, 7) is 3.73. The lowest BCUT2D eigenvalue weighted by atomic mass is 10.0. The lowest BCUT2D eigenvalue weighted by Gasteiger charge is -2.37. The Morgan fingerprint density at radius 1 is 0.972 bits per heavy atom. The quantitative estimate of drug-likeness (QED) is 0.446. The number of rotatable bonds is 6. The number of ether oxygens (including phenoxy) is 1. The zero-order valence-corrected chi connectivity index (χ0v) is 21.3. The fourth-order valence-corrected chi connectivity index (χ4v) is 5.80. The van der Waals surface area contributed by atoms with Gasteiger partial charge < -0.3 is 9.64 Å². The van der Waals surface area contributed by atoms with Crippen molar-refractivity contribution < 1.29 is 22.3 Å². The summed E-state index contributed by atoms with van der Waals surface area (Å²) in [5.74, 6) is -0.0259. The van der Waals surface area contributed by atoms with Crippen LogP contribution in [0.25, 0.3) is 0 Å². The van der Waals surface area contributed by atoms with Gasteiger partial charge in [0.2, 0.25) is 15.9 Å². The van der Waals surface area contributed by atoms with Crippen molar-refractivity contribution >= 4 is 15.9 Å². The van der Waals surface area contributed by atoms with E-state index in [0.717, 1.165) is 16.7 Å². The predicted molar refractivity (Wildman–Crippen MR) is 136 cm³/mol. The van der Waals surface area contributed by atoms with Gasteiger partial charge in [-0.3, -0.25) is 4.79 Å². The Labute approximate surface area is 211 Å². The molecule has 6 nitrogen and oxygen atoms in total. The van der Waals surface area contributed by atoms with Crippen LogP contribution in [-0.2, 0) is 21.4 Å². The molecule has 1 amide bonds. The molecule has 0 saturated heterocycles. The molecule has 0 fully saturated rings. The highest BCUT2D eigenvalue weighted by molar-refractivity contribution is 7.89. The van der Waals surface area contributed by atoms with E-state index in [1.807, 2.05) is 37.3 Å². The van der Waals surface area contributed by atoms with E-state index in [9.17, 15) is 17.6 Å². The molecule has 3 aromatic rings. The number of benzene rings is 3. The Morgan fingerprint density at radius 3 is 2.22 bits per heavy atom. The molecule has 0 saturated carbocycles. The SMILES string of the molecule is COc1ccc(C2C=CCN(S(=O)(=O)c3ccc(C)cc3)C(C)C(=O)N2Cc2ccc(F)cc2)cc1. The molecule has 188 valence electrons. The third kappa shape index (κ3) is 5.34. The molecule has 1 aliphatic rings. The number of amides is 1. The number of methoxy groups -OCH3 is 1. The highest BCUT2D eigenvalue weighted by Crippen LogP contribution is 2.31. The van der Waals surface area contributed by atoms with Gasteiger partial charge in [-0.05, 0) is 61.4 Å². The molecule has 1 heterocycles. The molecule has 0 aromatic heterocycles. The minimum Gasteiger partial charge on any atom is -0.497 e. The summed E-state index contributed by atoms with van der Waals surface area (Å²) < 4.78 is 47.0. The monoisotopic (exact) mass is 508 g/mol. The molecule has 2 atom stereocenters. The second-order valence-corrected chi connectivity index (χ2v) is 10.7. The fraction of sp³-hybridized carbons (Fsp3) is 0.250. The Morgan fingerprint density at radius 2 is 1.61 bits per heavy atom. The number of aryl methyl sites for hydroxylation is 1. The van der Waals surface area contributed by atoms with Crippen LogP contribution in [-0.4, -0.2) is 43.2 Å². The van der Waals surface area contributed by atoms with Gasteiger partial charge in [0, 0.05) is 13.1 Å². The molecule has 36 heavy (non-hydrogen) atoms. The lowest BCUT2D eigenvalue weighted by molar-refractivity contribution is -0.137. The maximum absolute atomic E-state index is 13.9. The first-order valence-corrected chi connectivity index (χ1v) is 13.1. The highest BCUT2D eigenvalue weighted by atomic mass is 32.2. The minimum atomic E-state index is -3.92. The number of hydrogen-bond acceptors (Lipinski definition) is 4. The van der Waals surface area contributed by atoms with Crippen molar-refractivity contribution in [3.8, 4) is 5.75 Å². The van der Waals surface area contributed by atoms with Crippen LogP contribution in [0, 0.1) is 12.7 Å². The molecule has 0 N–H and O–H groups in total.